The van der Waals surface area contributed by atoms with E-state index in [1.54, 1.807) is 6.07 Å². The van der Waals surface area contributed by atoms with E-state index < -0.39 is 0 Å². The first-order valence-electron chi connectivity index (χ1n) is 7.08. The van der Waals surface area contributed by atoms with Gasteiger partial charge in [-0.3, -0.25) is 0 Å². The lowest BCUT2D eigenvalue weighted by molar-refractivity contribution is 0.491. The van der Waals surface area contributed by atoms with Gasteiger partial charge in [0, 0.05) is 25.7 Å². The number of hydrogen-bond donors (Lipinski definition) is 1. The van der Waals surface area contributed by atoms with Gasteiger partial charge >= 0.3 is 0 Å². The zero-order valence-corrected chi connectivity index (χ0v) is 12.9. The summed E-state index contributed by atoms with van der Waals surface area (Å²) in [5.74, 6) is -0.140. The first kappa shape index (κ1) is 15.8. The molecule has 3 rings (SSSR count). The van der Waals surface area contributed by atoms with Crippen LogP contribution in [0.5, 0.6) is 0 Å². The van der Waals surface area contributed by atoms with Crippen LogP contribution in [0.4, 0.5) is 10.1 Å². The second kappa shape index (κ2) is 6.92. The molecular weight excluding hydrogens is 287 g/mol. The summed E-state index contributed by atoms with van der Waals surface area (Å²) in [5.41, 5.74) is 2.89. The maximum atomic E-state index is 14.2. The maximum Gasteiger partial charge on any atom is 0.146 e. The van der Waals surface area contributed by atoms with Crippen molar-refractivity contribution < 1.29 is 4.39 Å². The van der Waals surface area contributed by atoms with E-state index in [4.69, 9.17) is 0 Å². The Kier molecular flexibility index (Phi) is 5.21. The van der Waals surface area contributed by atoms with Crippen LogP contribution in [0.25, 0.3) is 11.1 Å². The van der Waals surface area contributed by atoms with Crippen LogP contribution < -0.4 is 10.2 Å². The molecule has 4 heteroatoms. The first-order valence-corrected chi connectivity index (χ1v) is 7.08. The Morgan fingerprint density at radius 1 is 1.10 bits per heavy atom. The number of nitrogens with zero attached hydrogens (tertiary/aromatic N) is 1. The predicted molar refractivity (Wildman–Crippen MR) is 88.8 cm³/mol. The molecule has 0 spiro atoms. The lowest BCUT2D eigenvalue weighted by Gasteiger charge is -2.36. The van der Waals surface area contributed by atoms with Crippen molar-refractivity contribution in [3.63, 3.8) is 0 Å². The molecule has 1 aliphatic heterocycles. The second-order valence-corrected chi connectivity index (χ2v) is 5.28. The molecule has 0 amide bonds. The average Bonchev–Trinajstić information content (AvgIpc) is 2.49. The summed E-state index contributed by atoms with van der Waals surface area (Å²) in [6, 6.07) is 15.8. The van der Waals surface area contributed by atoms with Gasteiger partial charge in [-0.2, -0.15) is 0 Å². The molecule has 2 aromatic carbocycles. The largest absolute Gasteiger partial charge is 0.364 e. The molecule has 1 fully saturated rings. The quantitative estimate of drug-likeness (QED) is 0.910. The molecule has 112 valence electrons. The minimum atomic E-state index is -0.140. The molecule has 0 radical (unpaired) electrons. The van der Waals surface area contributed by atoms with E-state index in [2.05, 4.69) is 29.3 Å². The normalized spacial score (nSPS) is 18.2. The third-order valence-corrected chi connectivity index (χ3v) is 3.86. The maximum absolute atomic E-state index is 14.2. The van der Waals surface area contributed by atoms with Crippen LogP contribution in [0.1, 0.15) is 6.92 Å². The van der Waals surface area contributed by atoms with Crippen molar-refractivity contribution in [2.24, 2.45) is 0 Å². The van der Waals surface area contributed by atoms with Gasteiger partial charge in [0.1, 0.15) is 5.82 Å². The highest BCUT2D eigenvalue weighted by molar-refractivity contribution is 5.85. The molecule has 21 heavy (non-hydrogen) atoms. The van der Waals surface area contributed by atoms with Gasteiger partial charge in [-0.1, -0.05) is 36.4 Å². The molecule has 1 atom stereocenters. The van der Waals surface area contributed by atoms with Crippen molar-refractivity contribution in [1.29, 1.82) is 0 Å². The van der Waals surface area contributed by atoms with Crippen molar-refractivity contribution in [3.8, 4) is 11.1 Å². The van der Waals surface area contributed by atoms with E-state index in [0.29, 0.717) is 11.7 Å². The fraction of sp³-hybridized carbons (Fsp3) is 0.294. The molecule has 1 heterocycles. The van der Waals surface area contributed by atoms with Gasteiger partial charge in [0.25, 0.3) is 0 Å². The van der Waals surface area contributed by atoms with Crippen LogP contribution in [0.2, 0.25) is 0 Å². The summed E-state index contributed by atoms with van der Waals surface area (Å²) in [6.07, 6.45) is 0. The molecule has 1 N–H and O–H groups in total. The zero-order chi connectivity index (χ0) is 13.9. The van der Waals surface area contributed by atoms with Crippen LogP contribution in [-0.2, 0) is 0 Å². The minimum Gasteiger partial charge on any atom is -0.364 e. The van der Waals surface area contributed by atoms with E-state index >= 15 is 0 Å². The zero-order valence-electron chi connectivity index (χ0n) is 12.1. The van der Waals surface area contributed by atoms with Gasteiger partial charge in [0.05, 0.1) is 5.69 Å². The molecule has 1 aliphatic rings. The fourth-order valence-corrected chi connectivity index (χ4v) is 2.74. The Balaban J connectivity index is 0.00000161. The molecule has 0 aromatic heterocycles. The van der Waals surface area contributed by atoms with Crippen LogP contribution in [-0.4, -0.2) is 25.7 Å². The smallest absolute Gasteiger partial charge is 0.146 e. The number of halogens is 2. The molecule has 2 nitrogen and oxygen atoms in total. The molecule has 0 unspecified atom stereocenters. The average molecular weight is 307 g/mol. The standard InChI is InChI=1S/C17H19FN2.ClH/c1-13-12-19-9-10-20(13)17-11-15(7-8-16(17)18)14-5-3-2-4-6-14;/h2-8,11,13,19H,9-10,12H2,1H3;1H/t13-;/m1./s1. The highest BCUT2D eigenvalue weighted by atomic mass is 35.5. The molecular formula is C17H20ClFN2. The Morgan fingerprint density at radius 3 is 2.57 bits per heavy atom. The monoisotopic (exact) mass is 306 g/mol. The van der Waals surface area contributed by atoms with Crippen LogP contribution in [0, 0.1) is 5.82 Å². The molecule has 2 aromatic rings. The summed E-state index contributed by atoms with van der Waals surface area (Å²) in [5, 5.41) is 3.34. The molecule has 0 bridgehead atoms. The van der Waals surface area contributed by atoms with E-state index in [1.807, 2.05) is 30.3 Å². The van der Waals surface area contributed by atoms with E-state index in [-0.39, 0.29) is 18.2 Å². The van der Waals surface area contributed by atoms with Gasteiger partial charge < -0.3 is 10.2 Å². The highest BCUT2D eigenvalue weighted by Crippen LogP contribution is 2.28. The minimum absolute atomic E-state index is 0. The van der Waals surface area contributed by atoms with E-state index in [9.17, 15) is 4.39 Å². The van der Waals surface area contributed by atoms with Gasteiger partial charge in [0.15, 0.2) is 0 Å². The second-order valence-electron chi connectivity index (χ2n) is 5.28. The SMILES string of the molecule is C[C@@H]1CNCCN1c1cc(-c2ccccc2)ccc1F.Cl. The van der Waals surface area contributed by atoms with E-state index in [1.165, 1.54) is 0 Å². The van der Waals surface area contributed by atoms with Crippen LogP contribution in [0.3, 0.4) is 0 Å². The summed E-state index contributed by atoms with van der Waals surface area (Å²) in [7, 11) is 0. The number of hydrogen-bond acceptors (Lipinski definition) is 2. The Morgan fingerprint density at radius 2 is 1.86 bits per heavy atom. The van der Waals surface area contributed by atoms with Crippen molar-refractivity contribution in [3.05, 3.63) is 54.3 Å². The van der Waals surface area contributed by atoms with Gasteiger partial charge in [-0.15, -0.1) is 12.4 Å². The van der Waals surface area contributed by atoms with Crippen LogP contribution >= 0.6 is 12.4 Å². The predicted octanol–water partition coefficient (Wildman–Crippen LogP) is 3.71. The third-order valence-electron chi connectivity index (χ3n) is 3.86. The lowest BCUT2D eigenvalue weighted by Crippen LogP contribution is -2.50. The lowest BCUT2D eigenvalue weighted by atomic mass is 10.0. The number of piperazine rings is 1. The summed E-state index contributed by atoms with van der Waals surface area (Å²) in [6.45, 7) is 4.77. The summed E-state index contributed by atoms with van der Waals surface area (Å²) < 4.78 is 14.2. The molecule has 0 saturated carbocycles. The Bertz CT molecular complexity index is 589. The van der Waals surface area contributed by atoms with E-state index in [0.717, 1.165) is 30.8 Å². The molecule has 0 aliphatic carbocycles. The van der Waals surface area contributed by atoms with Crippen molar-refractivity contribution >= 4 is 18.1 Å². The molecule has 1 saturated heterocycles. The highest BCUT2D eigenvalue weighted by Gasteiger charge is 2.21. The number of rotatable bonds is 2. The van der Waals surface area contributed by atoms with Crippen molar-refractivity contribution in [2.75, 3.05) is 24.5 Å². The van der Waals surface area contributed by atoms with Gasteiger partial charge in [-0.05, 0) is 30.2 Å². The van der Waals surface area contributed by atoms with Gasteiger partial charge in [0.2, 0.25) is 0 Å². The number of nitrogens with one attached hydrogen (secondary N) is 1. The topological polar surface area (TPSA) is 15.3 Å². The third kappa shape index (κ3) is 3.36. The number of anilines is 1. The summed E-state index contributed by atoms with van der Waals surface area (Å²) in [4.78, 5) is 2.15. The number of benzene rings is 2. The summed E-state index contributed by atoms with van der Waals surface area (Å²) >= 11 is 0. The van der Waals surface area contributed by atoms with Crippen LogP contribution in [0.15, 0.2) is 48.5 Å². The van der Waals surface area contributed by atoms with Gasteiger partial charge in [-0.25, -0.2) is 4.39 Å². The fourth-order valence-electron chi connectivity index (χ4n) is 2.74. The van der Waals surface area contributed by atoms with Crippen molar-refractivity contribution in [2.45, 2.75) is 13.0 Å². The Labute approximate surface area is 131 Å². The first-order chi connectivity index (χ1) is 9.75. The Hall–Kier alpha value is -1.58. The van der Waals surface area contributed by atoms with Crippen molar-refractivity contribution in [1.82, 2.24) is 5.32 Å².